The summed E-state index contributed by atoms with van der Waals surface area (Å²) in [5.74, 6) is 0.811. The molecule has 0 saturated heterocycles. The second kappa shape index (κ2) is 8.31. The molecule has 0 saturated carbocycles. The molecular weight excluding hydrogens is 312 g/mol. The van der Waals surface area contributed by atoms with Gasteiger partial charge in [-0.3, -0.25) is 9.69 Å². The summed E-state index contributed by atoms with van der Waals surface area (Å²) in [5.41, 5.74) is 3.15. The van der Waals surface area contributed by atoms with Crippen molar-refractivity contribution in [3.8, 4) is 0 Å². The zero-order valence-corrected chi connectivity index (χ0v) is 14.3. The van der Waals surface area contributed by atoms with Crippen molar-refractivity contribution in [2.45, 2.75) is 20.0 Å². The third kappa shape index (κ3) is 5.33. The summed E-state index contributed by atoms with van der Waals surface area (Å²) in [6.45, 7) is 3.59. The number of nitrogens with one attached hydrogen (secondary N) is 1. The standard InChI is InChI=1S/C21H22N2O2/c1-17-9-11-19(12-10-17)22-21(24)16-23(15-20-8-5-13-25-20)14-18-6-3-2-4-7-18/h2-13H,14-16H2,1H3,(H,22,24). The SMILES string of the molecule is Cc1ccc(NC(=O)CN(Cc2ccccc2)Cc2ccco2)cc1. The lowest BCUT2D eigenvalue weighted by Crippen LogP contribution is -2.32. The molecule has 0 fully saturated rings. The van der Waals surface area contributed by atoms with Gasteiger partial charge in [-0.1, -0.05) is 48.0 Å². The van der Waals surface area contributed by atoms with E-state index in [0.717, 1.165) is 17.0 Å². The molecule has 0 unspecified atom stereocenters. The van der Waals surface area contributed by atoms with Gasteiger partial charge in [0, 0.05) is 12.2 Å². The Morgan fingerprint density at radius 2 is 1.72 bits per heavy atom. The number of carbonyl (C=O) groups is 1. The Morgan fingerprint density at radius 1 is 0.960 bits per heavy atom. The van der Waals surface area contributed by atoms with Crippen LogP contribution in [-0.2, 0) is 17.9 Å². The van der Waals surface area contributed by atoms with Gasteiger partial charge in [0.15, 0.2) is 0 Å². The van der Waals surface area contributed by atoms with Gasteiger partial charge in [-0.25, -0.2) is 0 Å². The highest BCUT2D eigenvalue weighted by atomic mass is 16.3. The molecule has 0 aliphatic heterocycles. The quantitative estimate of drug-likeness (QED) is 0.703. The normalized spacial score (nSPS) is 10.8. The highest BCUT2D eigenvalue weighted by Gasteiger charge is 2.13. The van der Waals surface area contributed by atoms with Crippen molar-refractivity contribution in [2.75, 3.05) is 11.9 Å². The number of nitrogens with zero attached hydrogens (tertiary/aromatic N) is 1. The molecule has 0 radical (unpaired) electrons. The van der Waals surface area contributed by atoms with Gasteiger partial charge in [-0.05, 0) is 36.8 Å². The number of benzene rings is 2. The van der Waals surface area contributed by atoms with Crippen molar-refractivity contribution in [3.05, 3.63) is 89.9 Å². The molecule has 2 aromatic carbocycles. The number of hydrogen-bond acceptors (Lipinski definition) is 3. The summed E-state index contributed by atoms with van der Waals surface area (Å²) < 4.78 is 5.44. The first kappa shape index (κ1) is 17.0. The summed E-state index contributed by atoms with van der Waals surface area (Å²) in [6.07, 6.45) is 1.66. The fourth-order valence-corrected chi connectivity index (χ4v) is 2.67. The Balaban J connectivity index is 1.65. The first-order valence-electron chi connectivity index (χ1n) is 8.34. The lowest BCUT2D eigenvalue weighted by Gasteiger charge is -2.21. The monoisotopic (exact) mass is 334 g/mol. The second-order valence-electron chi connectivity index (χ2n) is 6.12. The molecule has 0 bridgehead atoms. The number of amides is 1. The predicted octanol–water partition coefficient (Wildman–Crippen LogP) is 4.23. The van der Waals surface area contributed by atoms with Crippen LogP contribution in [0.1, 0.15) is 16.9 Å². The van der Waals surface area contributed by atoms with E-state index in [9.17, 15) is 4.79 Å². The van der Waals surface area contributed by atoms with Crippen molar-refractivity contribution >= 4 is 11.6 Å². The number of furan rings is 1. The molecule has 0 atom stereocenters. The molecular formula is C21H22N2O2. The molecule has 0 spiro atoms. The van der Waals surface area contributed by atoms with Crippen molar-refractivity contribution in [1.82, 2.24) is 4.90 Å². The van der Waals surface area contributed by atoms with Crippen LogP contribution >= 0.6 is 0 Å². The number of rotatable bonds is 7. The van der Waals surface area contributed by atoms with Crippen molar-refractivity contribution in [2.24, 2.45) is 0 Å². The minimum atomic E-state index is -0.0358. The van der Waals surface area contributed by atoms with Crippen LogP contribution in [0.2, 0.25) is 0 Å². The lowest BCUT2D eigenvalue weighted by atomic mass is 10.2. The lowest BCUT2D eigenvalue weighted by molar-refractivity contribution is -0.117. The summed E-state index contributed by atoms with van der Waals surface area (Å²) in [6, 6.07) is 21.7. The van der Waals surface area contributed by atoms with Crippen LogP contribution in [0.5, 0.6) is 0 Å². The number of hydrogen-bond donors (Lipinski definition) is 1. The minimum absolute atomic E-state index is 0.0358. The Hall–Kier alpha value is -2.85. The summed E-state index contributed by atoms with van der Waals surface area (Å²) in [7, 11) is 0. The van der Waals surface area contributed by atoms with E-state index < -0.39 is 0 Å². The maximum absolute atomic E-state index is 12.4. The van der Waals surface area contributed by atoms with E-state index in [-0.39, 0.29) is 5.91 Å². The smallest absolute Gasteiger partial charge is 0.238 e. The molecule has 0 aliphatic rings. The number of carbonyl (C=O) groups excluding carboxylic acids is 1. The third-order valence-corrected chi connectivity index (χ3v) is 3.91. The van der Waals surface area contributed by atoms with Gasteiger partial charge < -0.3 is 9.73 Å². The number of aryl methyl sites for hydroxylation is 1. The van der Waals surface area contributed by atoms with Gasteiger partial charge in [-0.15, -0.1) is 0 Å². The maximum Gasteiger partial charge on any atom is 0.238 e. The van der Waals surface area contributed by atoms with E-state index in [1.165, 1.54) is 5.56 Å². The maximum atomic E-state index is 12.4. The van der Waals surface area contributed by atoms with Crippen LogP contribution in [-0.4, -0.2) is 17.4 Å². The fraction of sp³-hybridized carbons (Fsp3) is 0.190. The van der Waals surface area contributed by atoms with Gasteiger partial charge in [0.25, 0.3) is 0 Å². The zero-order chi connectivity index (χ0) is 17.5. The Bertz CT molecular complexity index is 781. The van der Waals surface area contributed by atoms with Crippen molar-refractivity contribution in [3.63, 3.8) is 0 Å². The average molecular weight is 334 g/mol. The van der Waals surface area contributed by atoms with Gasteiger partial charge in [-0.2, -0.15) is 0 Å². The molecule has 4 nitrogen and oxygen atoms in total. The molecule has 128 valence electrons. The van der Waals surface area contributed by atoms with Crippen molar-refractivity contribution < 1.29 is 9.21 Å². The van der Waals surface area contributed by atoms with E-state index in [2.05, 4.69) is 22.3 Å². The van der Waals surface area contributed by atoms with Crippen LogP contribution in [0.4, 0.5) is 5.69 Å². The Morgan fingerprint density at radius 3 is 2.40 bits per heavy atom. The zero-order valence-electron chi connectivity index (χ0n) is 14.3. The van der Waals surface area contributed by atoms with E-state index in [0.29, 0.717) is 19.6 Å². The predicted molar refractivity (Wildman–Crippen MR) is 99.1 cm³/mol. The molecule has 1 aromatic heterocycles. The highest BCUT2D eigenvalue weighted by Crippen LogP contribution is 2.12. The molecule has 3 rings (SSSR count). The molecule has 25 heavy (non-hydrogen) atoms. The molecule has 3 aromatic rings. The molecule has 1 amide bonds. The first-order valence-corrected chi connectivity index (χ1v) is 8.34. The Kier molecular flexibility index (Phi) is 5.65. The molecule has 1 N–H and O–H groups in total. The molecule has 4 heteroatoms. The molecule has 0 aliphatic carbocycles. The van der Waals surface area contributed by atoms with Gasteiger partial charge in [0.05, 0.1) is 19.4 Å². The van der Waals surface area contributed by atoms with Gasteiger partial charge >= 0.3 is 0 Å². The topological polar surface area (TPSA) is 45.5 Å². The van der Waals surface area contributed by atoms with Gasteiger partial charge in [0.1, 0.15) is 5.76 Å². The average Bonchev–Trinajstić information content (AvgIpc) is 3.11. The number of anilines is 1. The second-order valence-corrected chi connectivity index (χ2v) is 6.12. The van der Waals surface area contributed by atoms with Crippen LogP contribution in [0.3, 0.4) is 0 Å². The minimum Gasteiger partial charge on any atom is -0.468 e. The fourth-order valence-electron chi connectivity index (χ4n) is 2.67. The molecule has 1 heterocycles. The summed E-state index contributed by atoms with van der Waals surface area (Å²) >= 11 is 0. The van der Waals surface area contributed by atoms with Crippen LogP contribution in [0.15, 0.2) is 77.4 Å². The highest BCUT2D eigenvalue weighted by molar-refractivity contribution is 5.92. The third-order valence-electron chi connectivity index (χ3n) is 3.91. The van der Waals surface area contributed by atoms with E-state index >= 15 is 0 Å². The van der Waals surface area contributed by atoms with Gasteiger partial charge in [0.2, 0.25) is 5.91 Å². The van der Waals surface area contributed by atoms with E-state index in [1.807, 2.05) is 61.5 Å². The summed E-state index contributed by atoms with van der Waals surface area (Å²) in [4.78, 5) is 14.5. The largest absolute Gasteiger partial charge is 0.468 e. The van der Waals surface area contributed by atoms with Crippen LogP contribution in [0, 0.1) is 6.92 Å². The van der Waals surface area contributed by atoms with Crippen LogP contribution < -0.4 is 5.32 Å². The van der Waals surface area contributed by atoms with E-state index in [4.69, 9.17) is 4.42 Å². The van der Waals surface area contributed by atoms with Crippen LogP contribution in [0.25, 0.3) is 0 Å². The van der Waals surface area contributed by atoms with Crippen molar-refractivity contribution in [1.29, 1.82) is 0 Å². The van der Waals surface area contributed by atoms with E-state index in [1.54, 1.807) is 6.26 Å². The summed E-state index contributed by atoms with van der Waals surface area (Å²) in [5, 5.41) is 2.95. The first-order chi connectivity index (χ1) is 12.2. The Labute approximate surface area is 148 Å².